The molecule has 1 aliphatic carbocycles. The van der Waals surface area contributed by atoms with Crippen molar-refractivity contribution in [3.63, 3.8) is 0 Å². The summed E-state index contributed by atoms with van der Waals surface area (Å²) in [7, 11) is 0. The van der Waals surface area contributed by atoms with E-state index in [1.807, 2.05) is 0 Å². The molecule has 0 atom stereocenters. The molecule has 0 amide bonds. The zero-order valence-electron chi connectivity index (χ0n) is 23.9. The van der Waals surface area contributed by atoms with Gasteiger partial charge in [0.05, 0.1) is 0 Å². The maximum atomic E-state index is 3.17. The van der Waals surface area contributed by atoms with Crippen LogP contribution in [0.25, 0.3) is 21.5 Å². The molecule has 7 rings (SSSR count). The number of allylic oxidation sites excluding steroid dienone is 4. The molecule has 204 valence electrons. The Morgan fingerprint density at radius 2 is 1.02 bits per heavy atom. The fourth-order valence-corrected chi connectivity index (χ4v) is 5.49. The SMILES string of the molecule is [C-]1=CC(Cc2ccccc2)=CC1.[CH3-].[CH3-].[Zr]=[C](c1ccccc1)c1ccccc1.c1ccc2c(c1)[cH-]c1ccccc12. The van der Waals surface area contributed by atoms with Crippen LogP contribution in [0.2, 0.25) is 0 Å². The van der Waals surface area contributed by atoms with Crippen LogP contribution in [0, 0.1) is 20.9 Å². The maximum absolute atomic E-state index is 3.17. The molecule has 0 radical (unpaired) electrons. The summed E-state index contributed by atoms with van der Waals surface area (Å²) < 4.78 is 1.42. The van der Waals surface area contributed by atoms with E-state index >= 15 is 0 Å². The molecule has 0 saturated carbocycles. The van der Waals surface area contributed by atoms with Gasteiger partial charge in [0, 0.05) is 0 Å². The molecular weight excluding hydrogens is 572 g/mol. The van der Waals surface area contributed by atoms with Crippen LogP contribution in [0.3, 0.4) is 0 Å². The summed E-state index contributed by atoms with van der Waals surface area (Å²) in [6, 6.07) is 50.9. The summed E-state index contributed by atoms with van der Waals surface area (Å²) in [5.41, 5.74) is 5.43. The van der Waals surface area contributed by atoms with E-state index in [4.69, 9.17) is 0 Å². The summed E-state index contributed by atoms with van der Waals surface area (Å²) in [6.45, 7) is 0. The van der Waals surface area contributed by atoms with Crippen molar-refractivity contribution in [2.24, 2.45) is 0 Å². The van der Waals surface area contributed by atoms with Gasteiger partial charge >= 0.3 is 99.2 Å². The molecule has 6 aromatic carbocycles. The summed E-state index contributed by atoms with van der Waals surface area (Å²) in [5.74, 6) is 0. The van der Waals surface area contributed by atoms with Crippen molar-refractivity contribution in [3.05, 3.63) is 201 Å². The van der Waals surface area contributed by atoms with Gasteiger partial charge in [-0.3, -0.25) is 6.08 Å². The van der Waals surface area contributed by atoms with E-state index in [1.54, 1.807) is 0 Å². The number of hydrogen-bond donors (Lipinski definition) is 0. The van der Waals surface area contributed by atoms with Gasteiger partial charge in [0.25, 0.3) is 0 Å². The predicted molar refractivity (Wildman–Crippen MR) is 177 cm³/mol. The number of benzene rings is 5. The second-order valence-electron chi connectivity index (χ2n) is 9.42. The molecule has 0 N–H and O–H groups in total. The average molecular weight is 608 g/mol. The van der Waals surface area contributed by atoms with Crippen molar-refractivity contribution in [1.82, 2.24) is 0 Å². The van der Waals surface area contributed by atoms with E-state index in [0.717, 1.165) is 12.8 Å². The topological polar surface area (TPSA) is 0 Å². The van der Waals surface area contributed by atoms with Crippen LogP contribution >= 0.6 is 0 Å². The van der Waals surface area contributed by atoms with Crippen LogP contribution in [0.15, 0.2) is 163 Å². The Morgan fingerprint density at radius 1 is 0.585 bits per heavy atom. The van der Waals surface area contributed by atoms with Gasteiger partial charge in [-0.1, -0.05) is 78.7 Å². The molecule has 0 aliphatic heterocycles. The third-order valence-corrected chi connectivity index (χ3v) is 8.09. The zero-order valence-corrected chi connectivity index (χ0v) is 26.4. The molecule has 0 aromatic heterocycles. The Morgan fingerprint density at radius 3 is 1.49 bits per heavy atom. The van der Waals surface area contributed by atoms with Crippen molar-refractivity contribution < 1.29 is 24.2 Å². The summed E-state index contributed by atoms with van der Waals surface area (Å²) in [4.78, 5) is 0. The molecule has 41 heavy (non-hydrogen) atoms. The summed E-state index contributed by atoms with van der Waals surface area (Å²) in [6.07, 6.45) is 9.53. The van der Waals surface area contributed by atoms with Gasteiger partial charge in [-0.05, 0) is 0 Å². The van der Waals surface area contributed by atoms with Gasteiger partial charge < -0.3 is 14.9 Å². The van der Waals surface area contributed by atoms with Crippen LogP contribution in [0.1, 0.15) is 23.1 Å². The summed E-state index contributed by atoms with van der Waals surface area (Å²) >= 11 is 1.46. The number of fused-ring (bicyclic) bond motifs is 3. The van der Waals surface area contributed by atoms with Crippen LogP contribution in [0.4, 0.5) is 0 Å². The van der Waals surface area contributed by atoms with E-state index in [9.17, 15) is 0 Å². The molecule has 0 bridgehead atoms. The van der Waals surface area contributed by atoms with Gasteiger partial charge in [0.1, 0.15) is 0 Å². The molecule has 0 spiro atoms. The third kappa shape index (κ3) is 8.84. The molecule has 0 fully saturated rings. The van der Waals surface area contributed by atoms with Crippen LogP contribution in [0.5, 0.6) is 0 Å². The van der Waals surface area contributed by atoms with Crippen LogP contribution in [-0.2, 0) is 30.7 Å². The van der Waals surface area contributed by atoms with E-state index in [0.29, 0.717) is 0 Å². The van der Waals surface area contributed by atoms with Crippen molar-refractivity contribution in [2.75, 3.05) is 0 Å². The second kappa shape index (κ2) is 16.5. The van der Waals surface area contributed by atoms with Gasteiger partial charge in [0.2, 0.25) is 0 Å². The first kappa shape index (κ1) is 31.7. The van der Waals surface area contributed by atoms with Gasteiger partial charge in [0.15, 0.2) is 0 Å². The van der Waals surface area contributed by atoms with Crippen molar-refractivity contribution in [2.45, 2.75) is 12.8 Å². The molecular formula is C40H36Zr-4. The first-order chi connectivity index (χ1) is 19.3. The quantitative estimate of drug-likeness (QED) is 0.175. The Hall–Kier alpha value is -3.80. The minimum absolute atomic E-state index is 0. The van der Waals surface area contributed by atoms with E-state index in [-0.39, 0.29) is 14.9 Å². The minimum atomic E-state index is 0. The maximum Gasteiger partial charge on any atom is -0.0771 e. The number of rotatable bonds is 4. The molecule has 0 unspecified atom stereocenters. The molecule has 0 heterocycles. The van der Waals surface area contributed by atoms with E-state index in [1.165, 1.54) is 71.2 Å². The standard InChI is InChI=1S/C13H9.C13H10.C12H11.2CH3.Zr/c1-3-7-12-10(5-1)9-11-6-2-4-8-13(11)12;1-3-7-12(8-4-1)11-13-9-5-2-6-10-13;1-2-6-11(7-3-1)10-12-8-4-5-9-12;;;/h1-9H;1-10H;1-3,6-9H,4,10H2;2*1H3;/q-1;;3*-1;. The molecule has 1 aliphatic rings. The first-order valence-corrected chi connectivity index (χ1v) is 14.5. The van der Waals surface area contributed by atoms with Crippen molar-refractivity contribution in [3.8, 4) is 0 Å². The van der Waals surface area contributed by atoms with Crippen LogP contribution in [-0.4, -0.2) is 3.21 Å². The molecule has 0 saturated heterocycles. The molecule has 0 nitrogen and oxygen atoms in total. The Labute approximate surface area is 261 Å². The van der Waals surface area contributed by atoms with E-state index in [2.05, 4.69) is 164 Å². The van der Waals surface area contributed by atoms with E-state index < -0.39 is 0 Å². The Balaban J connectivity index is 0.000000166. The summed E-state index contributed by atoms with van der Waals surface area (Å²) in [5, 5.41) is 5.39. The normalized spacial score (nSPS) is 11.1. The van der Waals surface area contributed by atoms with Crippen LogP contribution < -0.4 is 0 Å². The van der Waals surface area contributed by atoms with Crippen molar-refractivity contribution in [1.29, 1.82) is 0 Å². The minimum Gasteiger partial charge on any atom is -0.126 e. The largest absolute Gasteiger partial charge is 0.126 e. The second-order valence-corrected chi connectivity index (χ2v) is 10.6. The molecule has 6 aromatic rings. The zero-order chi connectivity index (χ0) is 26.7. The average Bonchev–Trinajstić information content (AvgIpc) is 3.67. The molecule has 1 heteroatoms. The monoisotopic (exact) mass is 606 g/mol. The predicted octanol–water partition coefficient (Wildman–Crippen LogP) is 10.3. The number of hydrogen-bond acceptors (Lipinski definition) is 0. The van der Waals surface area contributed by atoms with Gasteiger partial charge in [-0.15, -0.1) is 46.2 Å². The van der Waals surface area contributed by atoms with Gasteiger partial charge in [-0.2, -0.15) is 11.6 Å². The first-order valence-electron chi connectivity index (χ1n) is 13.3. The Bertz CT molecular complexity index is 1600. The van der Waals surface area contributed by atoms with Crippen molar-refractivity contribution >= 4 is 24.8 Å². The fourth-order valence-electron chi connectivity index (χ4n) is 4.67. The third-order valence-electron chi connectivity index (χ3n) is 6.67. The smallest absolute Gasteiger partial charge is 0.0771 e. The fraction of sp³-hybridized carbons (Fsp3) is 0.0500. The Kier molecular flexibility index (Phi) is 12.7. The van der Waals surface area contributed by atoms with Gasteiger partial charge in [-0.25, -0.2) is 6.08 Å².